The molecule has 0 bridgehead atoms. The van der Waals surface area contributed by atoms with Crippen LogP contribution in [0.4, 0.5) is 0 Å². The van der Waals surface area contributed by atoms with Gasteiger partial charge in [0.05, 0.1) is 6.10 Å². The summed E-state index contributed by atoms with van der Waals surface area (Å²) in [6.45, 7) is 20.0. The zero-order valence-corrected chi connectivity index (χ0v) is 13.0. The fourth-order valence-electron chi connectivity index (χ4n) is 1.22. The molecule has 0 aliphatic heterocycles. The third-order valence-electron chi connectivity index (χ3n) is 3.61. The largest absolute Gasteiger partial charge is 0.410 e. The maximum atomic E-state index is 11.6. The van der Waals surface area contributed by atoms with Crippen molar-refractivity contribution in [2.45, 2.75) is 51.9 Å². The van der Waals surface area contributed by atoms with Crippen LogP contribution in [0.2, 0.25) is 18.1 Å². The maximum absolute atomic E-state index is 11.6. The van der Waals surface area contributed by atoms with E-state index in [1.807, 2.05) is 6.92 Å². The van der Waals surface area contributed by atoms with Gasteiger partial charge in [-0.25, -0.2) is 0 Å². The van der Waals surface area contributed by atoms with Gasteiger partial charge in [0.1, 0.15) is 0 Å². The molecule has 0 aliphatic rings. The minimum Gasteiger partial charge on any atom is -0.410 e. The second-order valence-electron chi connectivity index (χ2n) is 5.97. The summed E-state index contributed by atoms with van der Waals surface area (Å²) in [7, 11) is -1.87. The van der Waals surface area contributed by atoms with Crippen LogP contribution in [0, 0.1) is 5.92 Å². The van der Waals surface area contributed by atoms with Crippen molar-refractivity contribution >= 4 is 14.1 Å². The SMILES string of the molecule is C=CC(=O)[C@@H](C)[C@@H](C=C)O[Si](C)(C)C(C)(C)C. The van der Waals surface area contributed by atoms with E-state index in [4.69, 9.17) is 4.43 Å². The lowest BCUT2D eigenvalue weighted by atomic mass is 10.00. The lowest BCUT2D eigenvalue weighted by Crippen LogP contribution is -2.45. The van der Waals surface area contributed by atoms with Gasteiger partial charge in [-0.15, -0.1) is 6.58 Å². The van der Waals surface area contributed by atoms with Crippen LogP contribution in [0.25, 0.3) is 0 Å². The van der Waals surface area contributed by atoms with E-state index in [9.17, 15) is 4.79 Å². The molecule has 17 heavy (non-hydrogen) atoms. The Morgan fingerprint density at radius 1 is 1.29 bits per heavy atom. The lowest BCUT2D eigenvalue weighted by molar-refractivity contribution is -0.119. The zero-order valence-electron chi connectivity index (χ0n) is 12.0. The van der Waals surface area contributed by atoms with Crippen molar-refractivity contribution in [1.29, 1.82) is 0 Å². The van der Waals surface area contributed by atoms with Crippen molar-refractivity contribution in [1.82, 2.24) is 0 Å². The van der Waals surface area contributed by atoms with E-state index >= 15 is 0 Å². The van der Waals surface area contributed by atoms with Gasteiger partial charge >= 0.3 is 0 Å². The molecule has 0 unspecified atom stereocenters. The second-order valence-corrected chi connectivity index (χ2v) is 10.7. The molecule has 0 aromatic heterocycles. The molecule has 0 fully saturated rings. The molecular formula is C14H26O2Si. The summed E-state index contributed by atoms with van der Waals surface area (Å²) >= 11 is 0. The molecule has 0 saturated heterocycles. The zero-order chi connectivity index (χ0) is 13.9. The van der Waals surface area contributed by atoms with E-state index in [-0.39, 0.29) is 22.8 Å². The van der Waals surface area contributed by atoms with Gasteiger partial charge in [0.15, 0.2) is 14.1 Å². The smallest absolute Gasteiger partial charge is 0.192 e. The fourth-order valence-corrected chi connectivity index (χ4v) is 2.55. The molecule has 0 rings (SSSR count). The Hall–Kier alpha value is -0.673. The van der Waals surface area contributed by atoms with Crippen LogP contribution in [-0.2, 0) is 9.22 Å². The van der Waals surface area contributed by atoms with Crippen molar-refractivity contribution in [2.75, 3.05) is 0 Å². The van der Waals surface area contributed by atoms with E-state index in [1.165, 1.54) is 6.08 Å². The van der Waals surface area contributed by atoms with Crippen LogP contribution < -0.4 is 0 Å². The first kappa shape index (κ1) is 16.3. The highest BCUT2D eigenvalue weighted by Crippen LogP contribution is 2.38. The molecule has 0 aromatic rings. The van der Waals surface area contributed by atoms with Gasteiger partial charge in [-0.2, -0.15) is 0 Å². The minimum absolute atomic E-state index is 0.00797. The molecule has 0 amide bonds. The quantitative estimate of drug-likeness (QED) is 0.407. The van der Waals surface area contributed by atoms with Crippen molar-refractivity contribution in [3.8, 4) is 0 Å². The summed E-state index contributed by atoms with van der Waals surface area (Å²) in [6.07, 6.45) is 2.87. The second kappa shape index (κ2) is 5.78. The Bertz CT molecular complexity index is 300. The first-order valence-corrected chi connectivity index (χ1v) is 8.94. The van der Waals surface area contributed by atoms with Crippen LogP contribution in [0.3, 0.4) is 0 Å². The average molecular weight is 254 g/mol. The highest BCUT2D eigenvalue weighted by Gasteiger charge is 2.40. The van der Waals surface area contributed by atoms with Crippen LogP contribution in [-0.4, -0.2) is 20.2 Å². The monoisotopic (exact) mass is 254 g/mol. The predicted octanol–water partition coefficient (Wildman–Crippen LogP) is 3.95. The van der Waals surface area contributed by atoms with Crippen LogP contribution in [0.15, 0.2) is 25.3 Å². The molecule has 0 radical (unpaired) electrons. The number of hydrogen-bond donors (Lipinski definition) is 0. The number of carbonyl (C=O) groups excluding carboxylic acids is 1. The molecule has 0 spiro atoms. The van der Waals surface area contributed by atoms with Gasteiger partial charge in [-0.1, -0.05) is 40.3 Å². The lowest BCUT2D eigenvalue weighted by Gasteiger charge is -2.39. The van der Waals surface area contributed by atoms with Crippen LogP contribution in [0.1, 0.15) is 27.7 Å². The molecule has 2 atom stereocenters. The van der Waals surface area contributed by atoms with Gasteiger partial charge in [-0.05, 0) is 24.2 Å². The number of hydrogen-bond acceptors (Lipinski definition) is 2. The maximum Gasteiger partial charge on any atom is 0.192 e. The highest BCUT2D eigenvalue weighted by atomic mass is 28.4. The van der Waals surface area contributed by atoms with Crippen molar-refractivity contribution in [2.24, 2.45) is 5.92 Å². The van der Waals surface area contributed by atoms with Gasteiger partial charge in [0.2, 0.25) is 0 Å². The van der Waals surface area contributed by atoms with E-state index in [2.05, 4.69) is 47.0 Å². The Labute approximate surface area is 107 Å². The summed E-state index contributed by atoms with van der Waals surface area (Å²) < 4.78 is 6.19. The Morgan fingerprint density at radius 3 is 2.06 bits per heavy atom. The van der Waals surface area contributed by atoms with Crippen molar-refractivity contribution < 1.29 is 9.22 Å². The first-order valence-electron chi connectivity index (χ1n) is 6.03. The summed E-state index contributed by atoms with van der Waals surface area (Å²) in [4.78, 5) is 11.6. The molecular weight excluding hydrogens is 228 g/mol. The Morgan fingerprint density at radius 2 is 1.76 bits per heavy atom. The standard InChI is InChI=1S/C14H26O2Si/c1-9-12(15)11(3)13(10-2)16-17(7,8)14(4,5)6/h9-11,13H,1-2H2,3-8H3/t11-,13-/m1/s1. The summed E-state index contributed by atoms with van der Waals surface area (Å²) in [5, 5.41) is 0.130. The Balaban J connectivity index is 4.89. The molecule has 98 valence electrons. The normalized spacial score (nSPS) is 16.1. The number of carbonyl (C=O) groups is 1. The highest BCUT2D eigenvalue weighted by molar-refractivity contribution is 6.74. The molecule has 3 heteroatoms. The predicted molar refractivity (Wildman–Crippen MR) is 76.6 cm³/mol. The third-order valence-corrected chi connectivity index (χ3v) is 8.09. The number of allylic oxidation sites excluding steroid dienone is 1. The fraction of sp³-hybridized carbons (Fsp3) is 0.643. The van der Waals surface area contributed by atoms with Crippen molar-refractivity contribution in [3.05, 3.63) is 25.3 Å². The van der Waals surface area contributed by atoms with Gasteiger partial charge in [-0.3, -0.25) is 4.79 Å². The molecule has 2 nitrogen and oxygen atoms in total. The van der Waals surface area contributed by atoms with Crippen LogP contribution in [0.5, 0.6) is 0 Å². The average Bonchev–Trinajstić information content (AvgIpc) is 2.22. The van der Waals surface area contributed by atoms with Gasteiger partial charge < -0.3 is 4.43 Å². The van der Waals surface area contributed by atoms with Gasteiger partial charge in [0, 0.05) is 5.92 Å². The molecule has 0 N–H and O–H groups in total. The van der Waals surface area contributed by atoms with Gasteiger partial charge in [0.25, 0.3) is 0 Å². The summed E-state index contributed by atoms with van der Waals surface area (Å²) in [5.74, 6) is -0.201. The van der Waals surface area contributed by atoms with E-state index in [1.54, 1.807) is 6.08 Å². The van der Waals surface area contributed by atoms with Crippen LogP contribution >= 0.6 is 0 Å². The summed E-state index contributed by atoms with van der Waals surface area (Å²) in [6, 6.07) is 0. The first-order chi connectivity index (χ1) is 7.56. The summed E-state index contributed by atoms with van der Waals surface area (Å²) in [5.41, 5.74) is 0. The third kappa shape index (κ3) is 4.24. The van der Waals surface area contributed by atoms with E-state index in [0.717, 1.165) is 0 Å². The van der Waals surface area contributed by atoms with E-state index in [0.29, 0.717) is 0 Å². The molecule has 0 saturated carbocycles. The van der Waals surface area contributed by atoms with Crippen molar-refractivity contribution in [3.63, 3.8) is 0 Å². The Kier molecular flexibility index (Phi) is 5.55. The molecule has 0 heterocycles. The number of rotatable bonds is 6. The number of ketones is 1. The molecule has 0 aromatic carbocycles. The topological polar surface area (TPSA) is 26.3 Å². The minimum atomic E-state index is -1.87. The van der Waals surface area contributed by atoms with E-state index < -0.39 is 8.32 Å². The molecule has 0 aliphatic carbocycles.